The summed E-state index contributed by atoms with van der Waals surface area (Å²) in [6.07, 6.45) is 0.848. The summed E-state index contributed by atoms with van der Waals surface area (Å²) >= 11 is 13.2. The van der Waals surface area contributed by atoms with Crippen LogP contribution in [0.4, 0.5) is 5.69 Å². The van der Waals surface area contributed by atoms with Crippen LogP contribution in [0.3, 0.4) is 0 Å². The summed E-state index contributed by atoms with van der Waals surface area (Å²) in [5.74, 6) is -0.854. The largest absolute Gasteiger partial charge is 0.456 e. The van der Waals surface area contributed by atoms with Crippen molar-refractivity contribution in [3.63, 3.8) is 0 Å². The molecule has 0 radical (unpaired) electrons. The van der Waals surface area contributed by atoms with Crippen LogP contribution in [0.15, 0.2) is 35.0 Å². The van der Waals surface area contributed by atoms with Gasteiger partial charge in [0.15, 0.2) is 6.61 Å². The maximum atomic E-state index is 11.7. The number of carbonyl (C=O) groups is 2. The molecule has 1 N–H and O–H groups in total. The summed E-state index contributed by atoms with van der Waals surface area (Å²) in [4.78, 5) is 23.3. The quantitative estimate of drug-likeness (QED) is 0.789. The van der Waals surface area contributed by atoms with Gasteiger partial charge >= 0.3 is 5.97 Å². The fourth-order valence-electron chi connectivity index (χ4n) is 1.72. The number of hydrogen-bond donors (Lipinski definition) is 1. The Morgan fingerprint density at radius 1 is 1.18 bits per heavy atom. The van der Waals surface area contributed by atoms with E-state index in [1.54, 1.807) is 29.5 Å². The second-order valence-corrected chi connectivity index (χ2v) is 6.15. The average molecular weight is 358 g/mol. The fraction of sp³-hybridized carbons (Fsp3) is 0.200. The van der Waals surface area contributed by atoms with E-state index in [9.17, 15) is 9.59 Å². The van der Waals surface area contributed by atoms with Crippen molar-refractivity contribution < 1.29 is 14.3 Å². The van der Waals surface area contributed by atoms with E-state index in [4.69, 9.17) is 27.9 Å². The van der Waals surface area contributed by atoms with Crippen LogP contribution >= 0.6 is 34.5 Å². The van der Waals surface area contributed by atoms with Gasteiger partial charge in [-0.05, 0) is 47.0 Å². The molecule has 1 aromatic heterocycles. The minimum atomic E-state index is -0.442. The number of amides is 1. The van der Waals surface area contributed by atoms with E-state index in [1.165, 1.54) is 0 Å². The number of ether oxygens (including phenoxy) is 1. The molecule has 116 valence electrons. The minimum Gasteiger partial charge on any atom is -0.456 e. The van der Waals surface area contributed by atoms with Gasteiger partial charge in [0, 0.05) is 22.2 Å². The summed E-state index contributed by atoms with van der Waals surface area (Å²) in [5, 5.41) is 7.31. The van der Waals surface area contributed by atoms with Gasteiger partial charge in [0.1, 0.15) is 0 Å². The lowest BCUT2D eigenvalue weighted by molar-refractivity contribution is -0.147. The molecule has 0 spiro atoms. The van der Waals surface area contributed by atoms with Gasteiger partial charge < -0.3 is 10.1 Å². The van der Waals surface area contributed by atoms with E-state index in [1.807, 2.05) is 16.8 Å². The summed E-state index contributed by atoms with van der Waals surface area (Å²) < 4.78 is 4.92. The Balaban J connectivity index is 1.73. The number of benzene rings is 1. The zero-order valence-electron chi connectivity index (χ0n) is 11.5. The van der Waals surface area contributed by atoms with Crippen LogP contribution in [0.2, 0.25) is 10.0 Å². The normalized spacial score (nSPS) is 10.3. The van der Waals surface area contributed by atoms with Crippen molar-refractivity contribution >= 4 is 52.1 Å². The molecule has 22 heavy (non-hydrogen) atoms. The number of hydrogen-bond acceptors (Lipinski definition) is 4. The Morgan fingerprint density at radius 3 is 2.55 bits per heavy atom. The summed E-state index contributed by atoms with van der Waals surface area (Å²) in [7, 11) is 0. The van der Waals surface area contributed by atoms with Crippen molar-refractivity contribution in [2.45, 2.75) is 12.8 Å². The molecule has 1 heterocycles. The standard InChI is InChI=1S/C15H13Cl2NO3S/c16-11-5-12(17)7-13(6-11)18-14(19)8-21-15(20)2-1-10-3-4-22-9-10/h3-7,9H,1-2,8H2,(H,18,19). The molecule has 0 aliphatic heterocycles. The Kier molecular flexibility index (Phi) is 6.24. The zero-order valence-corrected chi connectivity index (χ0v) is 13.8. The first kappa shape index (κ1) is 16.8. The highest BCUT2D eigenvalue weighted by Gasteiger charge is 2.09. The third-order valence-corrected chi connectivity index (χ3v) is 3.88. The molecule has 2 aromatic rings. The lowest BCUT2D eigenvalue weighted by Crippen LogP contribution is -2.21. The van der Waals surface area contributed by atoms with E-state index < -0.39 is 11.9 Å². The highest BCUT2D eigenvalue weighted by atomic mass is 35.5. The molecule has 2 rings (SSSR count). The molecule has 0 saturated carbocycles. The number of nitrogens with one attached hydrogen (secondary N) is 1. The molecular weight excluding hydrogens is 345 g/mol. The Labute approximate surface area is 142 Å². The number of halogens is 2. The third-order valence-electron chi connectivity index (χ3n) is 2.71. The number of thiophene rings is 1. The van der Waals surface area contributed by atoms with Crippen LogP contribution in [0.1, 0.15) is 12.0 Å². The van der Waals surface area contributed by atoms with Crippen LogP contribution in [0, 0.1) is 0 Å². The number of rotatable bonds is 6. The van der Waals surface area contributed by atoms with Crippen LogP contribution in [-0.4, -0.2) is 18.5 Å². The molecule has 1 amide bonds. The molecule has 0 aliphatic carbocycles. The smallest absolute Gasteiger partial charge is 0.306 e. The van der Waals surface area contributed by atoms with Crippen molar-refractivity contribution in [3.8, 4) is 0 Å². The molecule has 7 heteroatoms. The molecule has 1 aromatic carbocycles. The number of carbonyl (C=O) groups excluding carboxylic acids is 2. The number of aryl methyl sites for hydroxylation is 1. The Bertz CT molecular complexity index is 639. The molecule has 0 unspecified atom stereocenters. The lowest BCUT2D eigenvalue weighted by atomic mass is 10.2. The number of anilines is 1. The van der Waals surface area contributed by atoms with Gasteiger partial charge in [-0.15, -0.1) is 0 Å². The van der Waals surface area contributed by atoms with Gasteiger partial charge in [0.05, 0.1) is 0 Å². The highest BCUT2D eigenvalue weighted by molar-refractivity contribution is 7.07. The van der Waals surface area contributed by atoms with Gasteiger partial charge in [-0.2, -0.15) is 11.3 Å². The maximum Gasteiger partial charge on any atom is 0.306 e. The molecule has 4 nitrogen and oxygen atoms in total. The van der Waals surface area contributed by atoms with Gasteiger partial charge in [-0.1, -0.05) is 23.2 Å². The molecule has 0 fully saturated rings. The van der Waals surface area contributed by atoms with Gasteiger partial charge in [-0.25, -0.2) is 0 Å². The van der Waals surface area contributed by atoms with Crippen LogP contribution < -0.4 is 5.32 Å². The average Bonchev–Trinajstić information content (AvgIpc) is 2.95. The predicted molar refractivity (Wildman–Crippen MR) is 88.7 cm³/mol. The predicted octanol–water partition coefficient (Wildman–Crippen LogP) is 4.17. The van der Waals surface area contributed by atoms with Crippen molar-refractivity contribution in [2.75, 3.05) is 11.9 Å². The summed E-state index contributed by atoms with van der Waals surface area (Å²) in [5.41, 5.74) is 1.54. The van der Waals surface area contributed by atoms with Crippen LogP contribution in [0.5, 0.6) is 0 Å². The first-order chi connectivity index (χ1) is 10.5. The zero-order chi connectivity index (χ0) is 15.9. The first-order valence-electron chi connectivity index (χ1n) is 6.45. The van der Waals surface area contributed by atoms with Gasteiger partial charge in [0.2, 0.25) is 0 Å². The first-order valence-corrected chi connectivity index (χ1v) is 8.15. The van der Waals surface area contributed by atoms with Crippen LogP contribution in [0.25, 0.3) is 0 Å². The Hall–Kier alpha value is -1.56. The third kappa shape index (κ3) is 5.67. The van der Waals surface area contributed by atoms with E-state index in [2.05, 4.69) is 5.32 Å². The summed E-state index contributed by atoms with van der Waals surface area (Å²) in [6, 6.07) is 6.63. The Morgan fingerprint density at radius 2 is 1.91 bits per heavy atom. The van der Waals surface area contributed by atoms with E-state index >= 15 is 0 Å². The van der Waals surface area contributed by atoms with E-state index in [0.29, 0.717) is 22.2 Å². The topological polar surface area (TPSA) is 55.4 Å². The molecule has 0 aliphatic rings. The van der Waals surface area contributed by atoms with Crippen molar-refractivity contribution in [1.82, 2.24) is 0 Å². The summed E-state index contributed by atoms with van der Waals surface area (Å²) in [6.45, 7) is -0.341. The van der Waals surface area contributed by atoms with Crippen LogP contribution in [-0.2, 0) is 20.7 Å². The van der Waals surface area contributed by atoms with E-state index in [0.717, 1.165) is 5.56 Å². The molecule has 0 bridgehead atoms. The van der Waals surface area contributed by atoms with Gasteiger partial charge in [0.25, 0.3) is 5.91 Å². The maximum absolute atomic E-state index is 11.7. The van der Waals surface area contributed by atoms with Crippen molar-refractivity contribution in [1.29, 1.82) is 0 Å². The van der Waals surface area contributed by atoms with Crippen molar-refractivity contribution in [3.05, 3.63) is 50.6 Å². The van der Waals surface area contributed by atoms with E-state index in [-0.39, 0.29) is 13.0 Å². The van der Waals surface area contributed by atoms with Gasteiger partial charge in [-0.3, -0.25) is 9.59 Å². The molecule has 0 saturated heterocycles. The molecule has 0 atom stereocenters. The fourth-order valence-corrected chi connectivity index (χ4v) is 2.95. The second-order valence-electron chi connectivity index (χ2n) is 4.50. The number of esters is 1. The second kappa shape index (κ2) is 8.17. The lowest BCUT2D eigenvalue weighted by Gasteiger charge is -2.07. The monoisotopic (exact) mass is 357 g/mol. The minimum absolute atomic E-state index is 0.243. The highest BCUT2D eigenvalue weighted by Crippen LogP contribution is 2.22. The SMILES string of the molecule is O=C(COC(=O)CCc1ccsc1)Nc1cc(Cl)cc(Cl)c1. The molecular formula is C15H13Cl2NO3S. The van der Waals surface area contributed by atoms with Crippen molar-refractivity contribution in [2.24, 2.45) is 0 Å².